The average Bonchev–Trinajstić information content (AvgIpc) is 2.07. The first-order valence-corrected chi connectivity index (χ1v) is 4.74. The van der Waals surface area contributed by atoms with Crippen LogP contribution < -0.4 is 10.6 Å². The standard InChI is InChI=1S/C9H16N2O4/c1-9(2,3)15-8(14)11-6-5(4-12)10-7(6)13/h5-6,12H,4H2,1-3H3,(H,10,13)(H,11,14)/t5-,6+/m0/s1. The molecule has 0 aromatic rings. The molecule has 3 N–H and O–H groups in total. The quantitative estimate of drug-likeness (QED) is 0.536. The molecule has 1 heterocycles. The topological polar surface area (TPSA) is 87.7 Å². The molecule has 1 aliphatic heterocycles. The fourth-order valence-electron chi connectivity index (χ4n) is 1.19. The van der Waals surface area contributed by atoms with Crippen molar-refractivity contribution >= 4 is 12.0 Å². The van der Waals surface area contributed by atoms with E-state index in [1.807, 2.05) is 0 Å². The number of amides is 2. The lowest BCUT2D eigenvalue weighted by Gasteiger charge is -2.36. The second-order valence-corrected chi connectivity index (χ2v) is 4.42. The van der Waals surface area contributed by atoms with Gasteiger partial charge in [0.2, 0.25) is 5.91 Å². The fraction of sp³-hybridized carbons (Fsp3) is 0.778. The third kappa shape index (κ3) is 3.09. The highest BCUT2D eigenvalue weighted by atomic mass is 16.6. The molecule has 0 aromatic carbocycles. The summed E-state index contributed by atoms with van der Waals surface area (Å²) in [6.07, 6.45) is -0.652. The second-order valence-electron chi connectivity index (χ2n) is 4.42. The highest BCUT2D eigenvalue weighted by Gasteiger charge is 2.40. The summed E-state index contributed by atoms with van der Waals surface area (Å²) in [6, 6.07) is -1.10. The molecule has 86 valence electrons. The highest BCUT2D eigenvalue weighted by Crippen LogP contribution is 2.09. The smallest absolute Gasteiger partial charge is 0.408 e. The van der Waals surface area contributed by atoms with Crippen LogP contribution in [0.5, 0.6) is 0 Å². The van der Waals surface area contributed by atoms with Crippen LogP contribution in [0.3, 0.4) is 0 Å². The first-order valence-electron chi connectivity index (χ1n) is 4.74. The first-order chi connectivity index (χ1) is 6.83. The van der Waals surface area contributed by atoms with E-state index in [4.69, 9.17) is 9.84 Å². The van der Waals surface area contributed by atoms with Crippen molar-refractivity contribution in [3.05, 3.63) is 0 Å². The number of rotatable bonds is 2. The minimum absolute atomic E-state index is 0.202. The van der Waals surface area contributed by atoms with Crippen molar-refractivity contribution in [1.29, 1.82) is 0 Å². The van der Waals surface area contributed by atoms with Crippen molar-refractivity contribution in [1.82, 2.24) is 10.6 Å². The van der Waals surface area contributed by atoms with Crippen molar-refractivity contribution < 1.29 is 19.4 Å². The Kier molecular flexibility index (Phi) is 3.18. The summed E-state index contributed by atoms with van der Waals surface area (Å²) in [5, 5.41) is 13.7. The number of alkyl carbamates (subject to hydrolysis) is 1. The monoisotopic (exact) mass is 216 g/mol. The number of nitrogens with one attached hydrogen (secondary N) is 2. The number of hydrogen-bond acceptors (Lipinski definition) is 4. The third-order valence-electron chi connectivity index (χ3n) is 1.88. The third-order valence-corrected chi connectivity index (χ3v) is 1.88. The zero-order valence-corrected chi connectivity index (χ0v) is 9.03. The molecule has 2 amide bonds. The molecule has 0 spiro atoms. The maximum absolute atomic E-state index is 11.3. The fourth-order valence-corrected chi connectivity index (χ4v) is 1.19. The summed E-state index contributed by atoms with van der Waals surface area (Å²) < 4.78 is 4.97. The van der Waals surface area contributed by atoms with Gasteiger partial charge in [-0.05, 0) is 20.8 Å². The SMILES string of the molecule is CC(C)(C)OC(=O)N[C@H]1C(=O)N[C@H]1CO. The van der Waals surface area contributed by atoms with Gasteiger partial charge in [-0.15, -0.1) is 0 Å². The molecular formula is C9H16N2O4. The largest absolute Gasteiger partial charge is 0.444 e. The zero-order valence-electron chi connectivity index (χ0n) is 9.03. The van der Waals surface area contributed by atoms with E-state index in [9.17, 15) is 9.59 Å². The molecule has 6 nitrogen and oxygen atoms in total. The summed E-state index contributed by atoms with van der Waals surface area (Å²) in [7, 11) is 0. The molecule has 0 aliphatic carbocycles. The Morgan fingerprint density at radius 3 is 2.60 bits per heavy atom. The molecule has 6 heteroatoms. The normalized spacial score (nSPS) is 25.2. The Labute approximate surface area is 88.0 Å². The Morgan fingerprint density at radius 1 is 1.60 bits per heavy atom. The van der Waals surface area contributed by atoms with E-state index in [1.165, 1.54) is 0 Å². The van der Waals surface area contributed by atoms with E-state index >= 15 is 0 Å². The minimum atomic E-state index is -0.690. The second kappa shape index (κ2) is 4.06. The van der Waals surface area contributed by atoms with E-state index in [0.29, 0.717) is 0 Å². The number of ether oxygens (including phenoxy) is 1. The Bertz CT molecular complexity index is 272. The minimum Gasteiger partial charge on any atom is -0.444 e. The maximum Gasteiger partial charge on any atom is 0.408 e. The van der Waals surface area contributed by atoms with E-state index in [0.717, 1.165) is 0 Å². The lowest BCUT2D eigenvalue weighted by atomic mass is 10.0. The average molecular weight is 216 g/mol. The van der Waals surface area contributed by atoms with Gasteiger partial charge in [0.05, 0.1) is 12.6 Å². The molecule has 0 bridgehead atoms. The Morgan fingerprint density at radius 2 is 2.20 bits per heavy atom. The van der Waals surface area contributed by atoms with Crippen LogP contribution in [0.15, 0.2) is 0 Å². The number of aliphatic hydroxyl groups excluding tert-OH is 1. The predicted molar refractivity (Wildman–Crippen MR) is 52.2 cm³/mol. The van der Waals surface area contributed by atoms with Crippen molar-refractivity contribution in [3.63, 3.8) is 0 Å². The summed E-state index contributed by atoms with van der Waals surface area (Å²) >= 11 is 0. The molecule has 15 heavy (non-hydrogen) atoms. The first kappa shape index (κ1) is 11.8. The molecule has 0 radical (unpaired) electrons. The maximum atomic E-state index is 11.3. The number of β-lactam (4-membered cyclic amide) rings is 1. The molecule has 0 saturated carbocycles. The lowest BCUT2D eigenvalue weighted by Crippen LogP contribution is -2.70. The van der Waals surface area contributed by atoms with Crippen LogP contribution in [-0.4, -0.2) is 41.4 Å². The molecule has 1 saturated heterocycles. The summed E-state index contributed by atoms with van der Waals surface area (Å²) in [5.41, 5.74) is -0.598. The van der Waals surface area contributed by atoms with Crippen LogP contribution in [-0.2, 0) is 9.53 Å². The van der Waals surface area contributed by atoms with Crippen LogP contribution in [0.1, 0.15) is 20.8 Å². The summed E-state index contributed by atoms with van der Waals surface area (Å²) in [5.74, 6) is -0.306. The van der Waals surface area contributed by atoms with Crippen LogP contribution in [0.25, 0.3) is 0 Å². The molecular weight excluding hydrogens is 200 g/mol. The molecule has 1 fully saturated rings. The van der Waals surface area contributed by atoms with Gasteiger partial charge in [0.25, 0.3) is 0 Å². The lowest BCUT2D eigenvalue weighted by molar-refractivity contribution is -0.132. The summed E-state index contributed by atoms with van der Waals surface area (Å²) in [4.78, 5) is 22.3. The number of hydrogen-bond donors (Lipinski definition) is 3. The number of carbonyl (C=O) groups excluding carboxylic acids is 2. The predicted octanol–water partition coefficient (Wildman–Crippen LogP) is -0.630. The molecule has 1 rings (SSSR count). The van der Waals surface area contributed by atoms with Crippen LogP contribution in [0, 0.1) is 0 Å². The number of aliphatic hydroxyl groups is 1. The van der Waals surface area contributed by atoms with E-state index in [-0.39, 0.29) is 12.5 Å². The Balaban J connectivity index is 2.41. The van der Waals surface area contributed by atoms with Crippen molar-refractivity contribution in [2.24, 2.45) is 0 Å². The molecule has 0 aromatic heterocycles. The van der Waals surface area contributed by atoms with E-state index in [1.54, 1.807) is 20.8 Å². The van der Waals surface area contributed by atoms with E-state index < -0.39 is 23.8 Å². The van der Waals surface area contributed by atoms with Gasteiger partial charge in [-0.3, -0.25) is 4.79 Å². The van der Waals surface area contributed by atoms with Crippen molar-refractivity contribution in [2.45, 2.75) is 38.5 Å². The molecule has 2 atom stereocenters. The zero-order chi connectivity index (χ0) is 11.6. The number of carbonyl (C=O) groups is 2. The molecule has 1 aliphatic rings. The van der Waals surface area contributed by atoms with Crippen LogP contribution in [0.4, 0.5) is 4.79 Å². The van der Waals surface area contributed by atoms with Gasteiger partial charge in [-0.25, -0.2) is 4.79 Å². The summed E-state index contributed by atoms with van der Waals surface area (Å²) in [6.45, 7) is 5.00. The Hall–Kier alpha value is -1.30. The molecule has 0 unspecified atom stereocenters. The van der Waals surface area contributed by atoms with Crippen LogP contribution >= 0.6 is 0 Å². The van der Waals surface area contributed by atoms with Gasteiger partial charge in [0.15, 0.2) is 0 Å². The van der Waals surface area contributed by atoms with Crippen molar-refractivity contribution in [2.75, 3.05) is 6.61 Å². The van der Waals surface area contributed by atoms with Gasteiger partial charge in [0, 0.05) is 0 Å². The van der Waals surface area contributed by atoms with Gasteiger partial charge in [0.1, 0.15) is 11.6 Å². The van der Waals surface area contributed by atoms with Crippen LogP contribution in [0.2, 0.25) is 0 Å². The van der Waals surface area contributed by atoms with Gasteiger partial charge in [-0.1, -0.05) is 0 Å². The highest BCUT2D eigenvalue weighted by molar-refractivity contribution is 5.92. The van der Waals surface area contributed by atoms with Gasteiger partial charge < -0.3 is 20.5 Å². The van der Waals surface area contributed by atoms with Gasteiger partial charge in [-0.2, -0.15) is 0 Å². The van der Waals surface area contributed by atoms with Gasteiger partial charge >= 0.3 is 6.09 Å². The van der Waals surface area contributed by atoms with Crippen molar-refractivity contribution in [3.8, 4) is 0 Å². The van der Waals surface area contributed by atoms with E-state index in [2.05, 4.69) is 10.6 Å².